The number of fused-ring (bicyclic) bond motifs is 1. The zero-order chi connectivity index (χ0) is 19.0. The molecule has 27 heavy (non-hydrogen) atoms. The molecule has 4 rings (SSSR count). The van der Waals surface area contributed by atoms with E-state index >= 15 is 0 Å². The molecule has 140 valence electrons. The van der Waals surface area contributed by atoms with Gasteiger partial charge in [-0.15, -0.1) is 21.5 Å². The van der Waals surface area contributed by atoms with E-state index in [0.29, 0.717) is 16.3 Å². The maximum Gasteiger partial charge on any atom is 0.470 e. The number of pyridine rings is 1. The van der Waals surface area contributed by atoms with E-state index in [2.05, 4.69) is 24.6 Å². The summed E-state index contributed by atoms with van der Waals surface area (Å²) in [5, 5.41) is 6.98. The summed E-state index contributed by atoms with van der Waals surface area (Å²) in [7, 11) is 0. The SMILES string of the molecule is O=C1CCCc2cnccc2N1Cc1ncc(-c2nnc(C(F)(F)F)o2)s1. The Hall–Kier alpha value is -2.82. The van der Waals surface area contributed by atoms with Gasteiger partial charge in [0.15, 0.2) is 0 Å². The molecule has 4 heterocycles. The number of rotatable bonds is 3. The Morgan fingerprint density at radius 2 is 2.07 bits per heavy atom. The van der Waals surface area contributed by atoms with Crippen LogP contribution >= 0.6 is 11.3 Å². The lowest BCUT2D eigenvalue weighted by Gasteiger charge is -2.21. The van der Waals surface area contributed by atoms with E-state index in [9.17, 15) is 18.0 Å². The van der Waals surface area contributed by atoms with Crippen molar-refractivity contribution >= 4 is 22.9 Å². The molecular formula is C16H12F3N5O2S. The normalized spacial score (nSPS) is 14.9. The molecule has 0 spiro atoms. The molecule has 0 unspecified atom stereocenters. The van der Waals surface area contributed by atoms with E-state index in [0.717, 1.165) is 35.4 Å². The van der Waals surface area contributed by atoms with E-state index in [-0.39, 0.29) is 18.3 Å². The smallest absolute Gasteiger partial charge is 0.412 e. The lowest BCUT2D eigenvalue weighted by Crippen LogP contribution is -2.29. The highest BCUT2D eigenvalue weighted by Crippen LogP contribution is 2.33. The van der Waals surface area contributed by atoms with Gasteiger partial charge in [0.2, 0.25) is 5.91 Å². The Kier molecular flexibility index (Phi) is 4.38. The number of anilines is 1. The number of carbonyl (C=O) groups excluding carboxylic acids is 1. The van der Waals surface area contributed by atoms with Crippen LogP contribution in [0.15, 0.2) is 29.1 Å². The molecule has 0 saturated heterocycles. The molecule has 1 aliphatic rings. The van der Waals surface area contributed by atoms with Crippen molar-refractivity contribution < 1.29 is 22.4 Å². The summed E-state index contributed by atoms with van der Waals surface area (Å²) in [6.45, 7) is 0.209. The maximum absolute atomic E-state index is 12.6. The molecule has 3 aromatic rings. The van der Waals surface area contributed by atoms with Crippen LogP contribution in [0.4, 0.5) is 18.9 Å². The third-order valence-corrected chi connectivity index (χ3v) is 5.00. The minimum absolute atomic E-state index is 0.0335. The standard InChI is InChI=1S/C16H12F3N5O2S/c17-16(18,19)15-23-22-14(26-15)11-7-21-12(27-11)8-24-10-4-5-20-6-9(10)2-1-3-13(24)25/h4-7H,1-3,8H2. The molecule has 0 fully saturated rings. The van der Waals surface area contributed by atoms with Gasteiger partial charge in [-0.1, -0.05) is 0 Å². The summed E-state index contributed by atoms with van der Waals surface area (Å²) in [6, 6.07) is 1.78. The summed E-state index contributed by atoms with van der Waals surface area (Å²) in [5.74, 6) is -1.69. The van der Waals surface area contributed by atoms with Gasteiger partial charge in [-0.2, -0.15) is 13.2 Å². The fourth-order valence-corrected chi connectivity index (χ4v) is 3.63. The summed E-state index contributed by atoms with van der Waals surface area (Å²) in [6.07, 6.45) is 1.93. The molecule has 0 saturated carbocycles. The average Bonchev–Trinajstić information content (AvgIpc) is 3.26. The Morgan fingerprint density at radius 1 is 1.22 bits per heavy atom. The van der Waals surface area contributed by atoms with Crippen molar-refractivity contribution in [2.45, 2.75) is 32.0 Å². The van der Waals surface area contributed by atoms with E-state index in [1.807, 2.05) is 0 Å². The molecule has 0 N–H and O–H groups in total. The van der Waals surface area contributed by atoms with E-state index in [1.165, 1.54) is 6.20 Å². The molecule has 0 radical (unpaired) electrons. The van der Waals surface area contributed by atoms with Crippen molar-refractivity contribution in [3.8, 4) is 10.8 Å². The summed E-state index contributed by atoms with van der Waals surface area (Å²) >= 11 is 1.10. The van der Waals surface area contributed by atoms with Crippen LogP contribution < -0.4 is 4.90 Å². The first kappa shape index (κ1) is 17.6. The molecule has 11 heteroatoms. The minimum Gasteiger partial charge on any atom is -0.412 e. The number of thiazole rings is 1. The highest BCUT2D eigenvalue weighted by molar-refractivity contribution is 7.15. The molecule has 7 nitrogen and oxygen atoms in total. The predicted octanol–water partition coefficient (Wildman–Crippen LogP) is 3.48. The van der Waals surface area contributed by atoms with Crippen LogP contribution in [0.25, 0.3) is 10.8 Å². The zero-order valence-corrected chi connectivity index (χ0v) is 14.5. The first-order valence-corrected chi connectivity index (χ1v) is 8.82. The molecule has 1 aliphatic heterocycles. The lowest BCUT2D eigenvalue weighted by molar-refractivity contribution is -0.156. The molecule has 1 amide bonds. The number of aromatic nitrogens is 4. The van der Waals surface area contributed by atoms with Gasteiger partial charge in [-0.05, 0) is 24.5 Å². The minimum atomic E-state index is -4.70. The van der Waals surface area contributed by atoms with Gasteiger partial charge in [0.1, 0.15) is 9.88 Å². The van der Waals surface area contributed by atoms with Crippen molar-refractivity contribution in [3.63, 3.8) is 0 Å². The Bertz CT molecular complexity index is 984. The van der Waals surface area contributed by atoms with E-state index in [4.69, 9.17) is 0 Å². The zero-order valence-electron chi connectivity index (χ0n) is 13.7. The lowest BCUT2D eigenvalue weighted by atomic mass is 10.1. The molecular weight excluding hydrogens is 383 g/mol. The van der Waals surface area contributed by atoms with Crippen molar-refractivity contribution in [2.75, 3.05) is 4.90 Å². The number of halogens is 3. The monoisotopic (exact) mass is 395 g/mol. The summed E-state index contributed by atoms with van der Waals surface area (Å²) in [5.41, 5.74) is 1.76. The number of hydrogen-bond donors (Lipinski definition) is 0. The van der Waals surface area contributed by atoms with Gasteiger partial charge in [0, 0.05) is 18.8 Å². The molecule has 3 aromatic heterocycles. The van der Waals surface area contributed by atoms with Crippen LogP contribution in [0.1, 0.15) is 29.3 Å². The van der Waals surface area contributed by atoms with E-state index < -0.39 is 12.1 Å². The Labute approximate surface area is 154 Å². The number of alkyl halides is 3. The first-order chi connectivity index (χ1) is 12.9. The quantitative estimate of drug-likeness (QED) is 0.675. The van der Waals surface area contributed by atoms with Crippen LogP contribution in [0.3, 0.4) is 0 Å². The summed E-state index contributed by atoms with van der Waals surface area (Å²) < 4.78 is 42.5. The topological polar surface area (TPSA) is 85.0 Å². The van der Waals surface area contributed by atoms with Crippen LogP contribution in [-0.2, 0) is 23.9 Å². The van der Waals surface area contributed by atoms with Crippen molar-refractivity contribution in [3.05, 3.63) is 41.1 Å². The highest BCUT2D eigenvalue weighted by Gasteiger charge is 2.38. The second kappa shape index (κ2) is 6.72. The molecule has 0 bridgehead atoms. The number of amides is 1. The maximum atomic E-state index is 12.6. The fraction of sp³-hybridized carbons (Fsp3) is 0.312. The van der Waals surface area contributed by atoms with Crippen LogP contribution in [0, 0.1) is 0 Å². The van der Waals surface area contributed by atoms with Crippen LogP contribution in [0.2, 0.25) is 0 Å². The number of nitrogens with zero attached hydrogens (tertiary/aromatic N) is 5. The van der Waals surface area contributed by atoms with Crippen molar-refractivity contribution in [2.24, 2.45) is 0 Å². The van der Waals surface area contributed by atoms with Gasteiger partial charge in [0.05, 0.1) is 18.4 Å². The Morgan fingerprint density at radius 3 is 2.85 bits per heavy atom. The van der Waals surface area contributed by atoms with Gasteiger partial charge in [-0.25, -0.2) is 4.98 Å². The molecule has 0 atom stereocenters. The molecule has 0 aromatic carbocycles. The first-order valence-electron chi connectivity index (χ1n) is 8.01. The fourth-order valence-electron chi connectivity index (χ4n) is 2.80. The van der Waals surface area contributed by atoms with Crippen molar-refractivity contribution in [1.29, 1.82) is 0 Å². The van der Waals surface area contributed by atoms with Gasteiger partial charge >= 0.3 is 12.1 Å². The third-order valence-electron chi connectivity index (χ3n) is 4.03. The van der Waals surface area contributed by atoms with Gasteiger partial charge < -0.3 is 9.32 Å². The largest absolute Gasteiger partial charge is 0.470 e. The predicted molar refractivity (Wildman–Crippen MR) is 88.8 cm³/mol. The van der Waals surface area contributed by atoms with Gasteiger partial charge in [0.25, 0.3) is 5.89 Å². The number of carbonyl (C=O) groups is 1. The van der Waals surface area contributed by atoms with Crippen LogP contribution in [0.5, 0.6) is 0 Å². The Balaban J connectivity index is 1.59. The number of aryl methyl sites for hydroxylation is 1. The van der Waals surface area contributed by atoms with Crippen molar-refractivity contribution in [1.82, 2.24) is 20.2 Å². The number of hydrogen-bond acceptors (Lipinski definition) is 7. The second-order valence-electron chi connectivity index (χ2n) is 5.87. The highest BCUT2D eigenvalue weighted by atomic mass is 32.1. The van der Waals surface area contributed by atoms with Crippen LogP contribution in [-0.4, -0.2) is 26.1 Å². The van der Waals surface area contributed by atoms with E-state index in [1.54, 1.807) is 23.4 Å². The summed E-state index contributed by atoms with van der Waals surface area (Å²) in [4.78, 5) is 22.7. The second-order valence-corrected chi connectivity index (χ2v) is 6.98. The third kappa shape index (κ3) is 3.54. The average molecular weight is 395 g/mol. The molecule has 0 aliphatic carbocycles. The van der Waals surface area contributed by atoms with Gasteiger partial charge in [-0.3, -0.25) is 9.78 Å².